The van der Waals surface area contributed by atoms with Gasteiger partial charge in [0.15, 0.2) is 0 Å². The zero-order valence-corrected chi connectivity index (χ0v) is 33.9. The van der Waals surface area contributed by atoms with Crippen LogP contribution in [-0.2, 0) is 22.7 Å². The summed E-state index contributed by atoms with van der Waals surface area (Å²) < 4.78 is 2.52. The predicted molar refractivity (Wildman–Crippen MR) is 239 cm³/mol. The highest BCUT2D eigenvalue weighted by atomic mass is 15.0. The number of rotatable bonds is 6. The Morgan fingerprint density at radius 3 is 1.61 bits per heavy atom. The molecule has 57 heavy (non-hydrogen) atoms. The average Bonchev–Trinajstić information content (AvgIpc) is 3.86. The van der Waals surface area contributed by atoms with Gasteiger partial charge in [-0.25, -0.2) is 0 Å². The lowest BCUT2D eigenvalue weighted by Gasteiger charge is -2.25. The summed E-state index contributed by atoms with van der Waals surface area (Å²) in [6.07, 6.45) is 2.03. The number of hydrogen-bond donors (Lipinski definition) is 0. The smallest absolute Gasteiger partial charge is 0.0584 e. The van der Waals surface area contributed by atoms with Crippen LogP contribution in [0.15, 0.2) is 158 Å². The molecule has 0 radical (unpaired) electrons. The molecule has 3 aliphatic carbocycles. The van der Waals surface area contributed by atoms with Gasteiger partial charge in [0, 0.05) is 38.8 Å². The number of aromatic nitrogens is 1. The van der Waals surface area contributed by atoms with Gasteiger partial charge >= 0.3 is 0 Å². The van der Waals surface area contributed by atoms with E-state index in [2.05, 4.69) is 204 Å². The Balaban J connectivity index is 1.07. The molecular formula is C56H49N. The zero-order chi connectivity index (χ0) is 38.8. The molecule has 0 bridgehead atoms. The average molecular weight is 736 g/mol. The van der Waals surface area contributed by atoms with Crippen LogP contribution in [0.1, 0.15) is 104 Å². The van der Waals surface area contributed by atoms with Gasteiger partial charge in [-0.15, -0.1) is 0 Å². The second-order valence-corrected chi connectivity index (χ2v) is 18.5. The van der Waals surface area contributed by atoms with Gasteiger partial charge in [0.1, 0.15) is 0 Å². The number of benzene rings is 7. The van der Waals surface area contributed by atoms with Crippen LogP contribution in [0.4, 0.5) is 0 Å². The molecule has 1 aromatic heterocycles. The van der Waals surface area contributed by atoms with Gasteiger partial charge in [0.05, 0.1) is 11.2 Å². The van der Waals surface area contributed by atoms with E-state index in [0.29, 0.717) is 0 Å². The van der Waals surface area contributed by atoms with Gasteiger partial charge in [-0.05, 0) is 109 Å². The van der Waals surface area contributed by atoms with E-state index in [9.17, 15) is 0 Å². The van der Waals surface area contributed by atoms with Crippen LogP contribution in [0.3, 0.4) is 0 Å². The number of aryl methyl sites for hydroxylation is 1. The van der Waals surface area contributed by atoms with E-state index in [0.717, 1.165) is 12.8 Å². The molecule has 7 aromatic carbocycles. The molecule has 0 spiro atoms. The number of fused-ring (bicyclic) bond motifs is 11. The summed E-state index contributed by atoms with van der Waals surface area (Å²) in [5.41, 5.74) is 23.3. The molecule has 0 fully saturated rings. The van der Waals surface area contributed by atoms with Gasteiger partial charge in [-0.2, -0.15) is 0 Å². The van der Waals surface area contributed by atoms with Crippen molar-refractivity contribution in [3.63, 3.8) is 0 Å². The maximum Gasteiger partial charge on any atom is 0.0584 e. The highest BCUT2D eigenvalue weighted by molar-refractivity contribution is 5.99. The van der Waals surface area contributed by atoms with Crippen molar-refractivity contribution in [2.45, 2.75) is 76.5 Å². The molecule has 0 amide bonds. The molecule has 1 atom stereocenters. The lowest BCUT2D eigenvalue weighted by molar-refractivity contribution is 0.652. The Morgan fingerprint density at radius 2 is 0.947 bits per heavy atom. The first-order chi connectivity index (χ1) is 27.5. The molecule has 1 unspecified atom stereocenters. The van der Waals surface area contributed by atoms with Crippen LogP contribution in [0.2, 0.25) is 0 Å². The van der Waals surface area contributed by atoms with Crippen molar-refractivity contribution in [3.8, 4) is 39.2 Å². The van der Waals surface area contributed by atoms with Crippen LogP contribution in [0.25, 0.3) is 50.1 Å². The Morgan fingerprint density at radius 1 is 0.439 bits per heavy atom. The molecule has 8 aromatic rings. The second-order valence-electron chi connectivity index (χ2n) is 18.5. The Bertz CT molecular complexity index is 2930. The monoisotopic (exact) mass is 735 g/mol. The molecule has 1 nitrogen and oxygen atoms in total. The van der Waals surface area contributed by atoms with Gasteiger partial charge < -0.3 is 4.57 Å². The fraction of sp³-hybridized carbons (Fsp3) is 0.214. The van der Waals surface area contributed by atoms with Gasteiger partial charge in [0.2, 0.25) is 0 Å². The van der Waals surface area contributed by atoms with E-state index in [4.69, 9.17) is 0 Å². The summed E-state index contributed by atoms with van der Waals surface area (Å²) in [7, 11) is 0. The summed E-state index contributed by atoms with van der Waals surface area (Å²) in [5.74, 6) is 0.222. The quantitative estimate of drug-likeness (QED) is 0.160. The lowest BCUT2D eigenvalue weighted by Crippen LogP contribution is -2.16. The van der Waals surface area contributed by atoms with Crippen molar-refractivity contribution in [1.82, 2.24) is 4.57 Å². The Hall–Kier alpha value is -5.92. The van der Waals surface area contributed by atoms with E-state index < -0.39 is 0 Å². The van der Waals surface area contributed by atoms with Gasteiger partial charge in [-0.3, -0.25) is 0 Å². The first-order valence-corrected chi connectivity index (χ1v) is 20.9. The molecule has 1 heterocycles. The minimum absolute atomic E-state index is 0.0103. The number of nitrogens with zero attached hydrogens (tertiary/aromatic N) is 1. The highest BCUT2D eigenvalue weighted by Gasteiger charge is 2.41. The standard InChI is InChI=1S/C56H49N/c1-54(2)46-21-13-10-18-40(46)42-29-25-35(32-49(42)54)24-28-39(37-26-30-43-41-19-11-14-22-47(41)55(3,4)50(43)34-37)36-27-31-51-45(33-36)52-53(57(51)38-16-8-7-9-17-38)44-20-12-15-23-48(44)56(52,5)6/h7-23,25-27,29-34,39H,24,28H2,1-6H3. The third kappa shape index (κ3) is 4.81. The van der Waals surface area contributed by atoms with Crippen LogP contribution in [0, 0.1) is 0 Å². The highest BCUT2D eigenvalue weighted by Crippen LogP contribution is 2.55. The third-order valence-corrected chi connectivity index (χ3v) is 14.3. The van der Waals surface area contributed by atoms with Crippen molar-refractivity contribution < 1.29 is 0 Å². The zero-order valence-electron chi connectivity index (χ0n) is 33.9. The first kappa shape index (κ1) is 34.3. The molecule has 278 valence electrons. The molecule has 0 saturated carbocycles. The third-order valence-electron chi connectivity index (χ3n) is 14.3. The number of hydrogen-bond acceptors (Lipinski definition) is 0. The topological polar surface area (TPSA) is 4.93 Å². The first-order valence-electron chi connectivity index (χ1n) is 20.9. The molecule has 0 saturated heterocycles. The summed E-state index contributed by atoms with van der Waals surface area (Å²) in [4.78, 5) is 0. The molecular weight excluding hydrogens is 687 g/mol. The van der Waals surface area contributed by atoms with Crippen molar-refractivity contribution in [1.29, 1.82) is 0 Å². The molecule has 3 aliphatic rings. The summed E-state index contributed by atoms with van der Waals surface area (Å²) >= 11 is 0. The summed E-state index contributed by atoms with van der Waals surface area (Å²) in [5, 5.41) is 1.36. The maximum absolute atomic E-state index is 2.57. The summed E-state index contributed by atoms with van der Waals surface area (Å²) in [6, 6.07) is 60.2. The molecule has 0 aliphatic heterocycles. The molecule has 0 N–H and O–H groups in total. The minimum Gasteiger partial charge on any atom is -0.309 e. The Labute approximate surface area is 337 Å². The van der Waals surface area contributed by atoms with Crippen LogP contribution in [-0.4, -0.2) is 4.57 Å². The van der Waals surface area contributed by atoms with Gasteiger partial charge in [-0.1, -0.05) is 175 Å². The fourth-order valence-corrected chi connectivity index (χ4v) is 11.3. The Kier molecular flexibility index (Phi) is 7.26. The van der Waals surface area contributed by atoms with E-state index in [1.54, 1.807) is 0 Å². The van der Waals surface area contributed by atoms with Crippen LogP contribution < -0.4 is 0 Å². The van der Waals surface area contributed by atoms with Crippen LogP contribution >= 0.6 is 0 Å². The van der Waals surface area contributed by atoms with E-state index >= 15 is 0 Å². The minimum atomic E-state index is -0.128. The van der Waals surface area contributed by atoms with E-state index in [1.165, 1.54) is 100 Å². The van der Waals surface area contributed by atoms with Gasteiger partial charge in [0.25, 0.3) is 0 Å². The second kappa shape index (κ2) is 12.0. The lowest BCUT2D eigenvalue weighted by atomic mass is 9.78. The summed E-state index contributed by atoms with van der Waals surface area (Å²) in [6.45, 7) is 14.4. The predicted octanol–water partition coefficient (Wildman–Crippen LogP) is 14.3. The van der Waals surface area contributed by atoms with Crippen molar-refractivity contribution in [2.24, 2.45) is 0 Å². The van der Waals surface area contributed by atoms with Crippen molar-refractivity contribution >= 4 is 10.9 Å². The maximum atomic E-state index is 2.57. The number of para-hydroxylation sites is 1. The normalized spacial score (nSPS) is 16.4. The van der Waals surface area contributed by atoms with Crippen molar-refractivity contribution in [3.05, 3.63) is 208 Å². The van der Waals surface area contributed by atoms with E-state index in [-0.39, 0.29) is 22.2 Å². The van der Waals surface area contributed by atoms with Crippen LogP contribution in [0.5, 0.6) is 0 Å². The largest absolute Gasteiger partial charge is 0.309 e. The molecule has 1 heteroatoms. The van der Waals surface area contributed by atoms with E-state index in [1.807, 2.05) is 0 Å². The SMILES string of the molecule is CC1(C)c2ccccc2-c2ccc(CCC(c3ccc4c(c3)C(C)(C)c3ccccc3-4)c3ccc4c(c3)c3c(n4-c4ccccc4)-c4ccccc4C3(C)C)cc21. The fourth-order valence-electron chi connectivity index (χ4n) is 11.3. The van der Waals surface area contributed by atoms with Crippen molar-refractivity contribution in [2.75, 3.05) is 0 Å². The molecule has 11 rings (SSSR count).